The molecule has 2 aromatic rings. The molecule has 1 aromatic carbocycles. The van der Waals surface area contributed by atoms with Crippen LogP contribution in [0.3, 0.4) is 0 Å². The molecule has 2 N–H and O–H groups in total. The van der Waals surface area contributed by atoms with Crippen LogP contribution in [0.1, 0.15) is 12.7 Å². The minimum atomic E-state index is -0.378. The molecule has 1 aromatic heterocycles. The smallest absolute Gasteiger partial charge is 0.216 e. The fraction of sp³-hybridized carbons (Fsp3) is 0.375. The van der Waals surface area contributed by atoms with E-state index in [9.17, 15) is 4.39 Å². The molecule has 1 saturated heterocycles. The molecule has 0 radical (unpaired) electrons. The van der Waals surface area contributed by atoms with Crippen molar-refractivity contribution in [3.63, 3.8) is 0 Å². The van der Waals surface area contributed by atoms with Crippen LogP contribution in [0.2, 0.25) is 0 Å². The molecule has 0 bridgehead atoms. The van der Waals surface area contributed by atoms with E-state index in [1.807, 2.05) is 12.1 Å². The maximum atomic E-state index is 14.4. The number of nitrogens with zero attached hydrogens (tertiary/aromatic N) is 6. The van der Waals surface area contributed by atoms with E-state index in [-0.39, 0.29) is 22.9 Å². The maximum Gasteiger partial charge on any atom is 0.216 e. The Labute approximate surface area is 144 Å². The van der Waals surface area contributed by atoms with Crippen molar-refractivity contribution in [2.45, 2.75) is 6.92 Å². The summed E-state index contributed by atoms with van der Waals surface area (Å²) < 4.78 is 14.4. The standard InChI is InChI=1S/C16H19FN8/c1-2-24-5-7-25(8-6-24)13-3-4-15(14(17)9-13)19-11-12(10-18)16-20-22-23-21-16/h3-4,9,11,19H,2,5-8H2,1H3,(H,20,21,22,23). The molecule has 2 heterocycles. The molecular formula is C16H19FN8. The number of halogens is 1. The number of hydrogen-bond acceptors (Lipinski definition) is 7. The first kappa shape index (κ1) is 16.9. The van der Waals surface area contributed by atoms with Gasteiger partial charge in [0.2, 0.25) is 5.82 Å². The van der Waals surface area contributed by atoms with E-state index in [4.69, 9.17) is 5.26 Å². The van der Waals surface area contributed by atoms with Crippen molar-refractivity contribution in [2.75, 3.05) is 42.9 Å². The molecule has 3 rings (SSSR count). The molecule has 25 heavy (non-hydrogen) atoms. The predicted molar refractivity (Wildman–Crippen MR) is 92.1 cm³/mol. The lowest BCUT2D eigenvalue weighted by Crippen LogP contribution is -2.46. The lowest BCUT2D eigenvalue weighted by atomic mass is 10.2. The highest BCUT2D eigenvalue weighted by atomic mass is 19.1. The zero-order valence-corrected chi connectivity index (χ0v) is 13.9. The van der Waals surface area contributed by atoms with Crippen LogP contribution in [0.5, 0.6) is 0 Å². The third-order valence-electron chi connectivity index (χ3n) is 4.22. The monoisotopic (exact) mass is 342 g/mol. The number of likely N-dealkylation sites (N-methyl/N-ethyl adjacent to an activating group) is 1. The third kappa shape index (κ3) is 3.92. The highest BCUT2D eigenvalue weighted by Crippen LogP contribution is 2.23. The number of piperazine rings is 1. The van der Waals surface area contributed by atoms with E-state index < -0.39 is 0 Å². The van der Waals surface area contributed by atoms with Crippen LogP contribution < -0.4 is 10.2 Å². The third-order valence-corrected chi connectivity index (χ3v) is 4.22. The van der Waals surface area contributed by atoms with E-state index in [1.54, 1.807) is 6.07 Å². The van der Waals surface area contributed by atoms with Crippen LogP contribution in [-0.2, 0) is 0 Å². The SMILES string of the molecule is CCN1CCN(c2ccc(NC=C(C#N)c3nn[nH]n3)c(F)c2)CC1. The largest absolute Gasteiger partial charge is 0.369 e. The molecular weight excluding hydrogens is 323 g/mol. The Morgan fingerprint density at radius 3 is 2.80 bits per heavy atom. The number of anilines is 2. The number of nitrogens with one attached hydrogen (secondary N) is 2. The number of tetrazole rings is 1. The molecule has 130 valence electrons. The van der Waals surface area contributed by atoms with Gasteiger partial charge in [-0.2, -0.15) is 10.5 Å². The first-order valence-electron chi connectivity index (χ1n) is 8.08. The van der Waals surface area contributed by atoms with Gasteiger partial charge in [0.25, 0.3) is 0 Å². The second-order valence-corrected chi connectivity index (χ2v) is 5.64. The van der Waals surface area contributed by atoms with Gasteiger partial charge in [0.15, 0.2) is 0 Å². The molecule has 0 aliphatic carbocycles. The molecule has 1 aliphatic rings. The Morgan fingerprint density at radius 2 is 2.20 bits per heavy atom. The maximum absolute atomic E-state index is 14.4. The van der Waals surface area contributed by atoms with Gasteiger partial charge < -0.3 is 15.1 Å². The van der Waals surface area contributed by atoms with Gasteiger partial charge in [-0.1, -0.05) is 6.92 Å². The number of aromatic nitrogens is 4. The van der Waals surface area contributed by atoms with Gasteiger partial charge in [0.1, 0.15) is 17.5 Å². The van der Waals surface area contributed by atoms with E-state index >= 15 is 0 Å². The number of nitriles is 1. The minimum Gasteiger partial charge on any atom is -0.369 e. The lowest BCUT2D eigenvalue weighted by Gasteiger charge is -2.35. The van der Waals surface area contributed by atoms with E-state index in [0.29, 0.717) is 0 Å². The van der Waals surface area contributed by atoms with Crippen LogP contribution in [0, 0.1) is 17.1 Å². The normalized spacial score (nSPS) is 15.9. The Bertz CT molecular complexity index is 772. The summed E-state index contributed by atoms with van der Waals surface area (Å²) in [6, 6.07) is 7.00. The fourth-order valence-electron chi connectivity index (χ4n) is 2.71. The van der Waals surface area contributed by atoms with Gasteiger partial charge >= 0.3 is 0 Å². The topological polar surface area (TPSA) is 96.8 Å². The van der Waals surface area contributed by atoms with Crippen LogP contribution in [-0.4, -0.2) is 58.2 Å². The van der Waals surface area contributed by atoms with Crippen molar-refractivity contribution < 1.29 is 4.39 Å². The molecule has 8 nitrogen and oxygen atoms in total. The van der Waals surface area contributed by atoms with Gasteiger partial charge in [-0.05, 0) is 30.0 Å². The molecule has 0 saturated carbocycles. The Morgan fingerprint density at radius 1 is 1.40 bits per heavy atom. The summed E-state index contributed by atoms with van der Waals surface area (Å²) in [5, 5.41) is 25.0. The van der Waals surface area contributed by atoms with Crippen molar-refractivity contribution in [2.24, 2.45) is 0 Å². The zero-order valence-electron chi connectivity index (χ0n) is 13.9. The number of allylic oxidation sites excluding steroid dienone is 1. The molecule has 9 heteroatoms. The predicted octanol–water partition coefficient (Wildman–Crippen LogP) is 1.46. The van der Waals surface area contributed by atoms with Gasteiger partial charge in [-0.3, -0.25) is 0 Å². The van der Waals surface area contributed by atoms with Crippen molar-refractivity contribution in [1.29, 1.82) is 5.26 Å². The summed E-state index contributed by atoms with van der Waals surface area (Å²) >= 11 is 0. The fourth-order valence-corrected chi connectivity index (χ4v) is 2.71. The van der Waals surface area contributed by atoms with Crippen LogP contribution in [0.4, 0.5) is 15.8 Å². The summed E-state index contributed by atoms with van der Waals surface area (Å²) in [7, 11) is 0. The van der Waals surface area contributed by atoms with E-state index in [1.165, 1.54) is 12.3 Å². The average molecular weight is 342 g/mol. The Kier molecular flexibility index (Phi) is 5.20. The lowest BCUT2D eigenvalue weighted by molar-refractivity contribution is 0.271. The van der Waals surface area contributed by atoms with Gasteiger partial charge in [-0.25, -0.2) is 4.39 Å². The van der Waals surface area contributed by atoms with Crippen LogP contribution in [0.25, 0.3) is 5.57 Å². The number of benzene rings is 1. The van der Waals surface area contributed by atoms with Crippen LogP contribution >= 0.6 is 0 Å². The minimum absolute atomic E-state index is 0.154. The number of H-pyrrole nitrogens is 1. The second kappa shape index (κ2) is 7.72. The van der Waals surface area contributed by atoms with Crippen molar-refractivity contribution >= 4 is 16.9 Å². The summed E-state index contributed by atoms with van der Waals surface area (Å²) in [5.41, 5.74) is 1.31. The highest BCUT2D eigenvalue weighted by molar-refractivity contribution is 5.74. The van der Waals surface area contributed by atoms with Crippen molar-refractivity contribution in [3.05, 3.63) is 36.0 Å². The average Bonchev–Trinajstić information content (AvgIpc) is 3.18. The molecule has 0 spiro atoms. The Balaban J connectivity index is 1.69. The molecule has 0 atom stereocenters. The highest BCUT2D eigenvalue weighted by Gasteiger charge is 2.17. The molecule has 1 fully saturated rings. The molecule has 0 amide bonds. The first-order valence-corrected chi connectivity index (χ1v) is 8.08. The summed E-state index contributed by atoms with van der Waals surface area (Å²) in [6.07, 6.45) is 1.36. The molecule has 1 aliphatic heterocycles. The van der Waals surface area contributed by atoms with Gasteiger partial charge in [0.05, 0.1) is 5.69 Å². The summed E-state index contributed by atoms with van der Waals surface area (Å²) in [6.45, 7) is 6.92. The van der Waals surface area contributed by atoms with E-state index in [0.717, 1.165) is 38.4 Å². The molecule has 0 unspecified atom stereocenters. The first-order chi connectivity index (χ1) is 12.2. The second-order valence-electron chi connectivity index (χ2n) is 5.64. The van der Waals surface area contributed by atoms with Crippen LogP contribution in [0.15, 0.2) is 24.4 Å². The summed E-state index contributed by atoms with van der Waals surface area (Å²) in [5.74, 6) is -0.224. The van der Waals surface area contributed by atoms with Gasteiger partial charge in [-0.15, -0.1) is 10.2 Å². The van der Waals surface area contributed by atoms with Crippen molar-refractivity contribution in [3.8, 4) is 6.07 Å². The Hall–Kier alpha value is -2.99. The number of hydrogen-bond donors (Lipinski definition) is 2. The van der Waals surface area contributed by atoms with Crippen molar-refractivity contribution in [1.82, 2.24) is 25.5 Å². The number of aromatic amines is 1. The van der Waals surface area contributed by atoms with Gasteiger partial charge in [0, 0.05) is 38.1 Å². The quantitative estimate of drug-likeness (QED) is 0.794. The zero-order chi connectivity index (χ0) is 17.6. The number of rotatable bonds is 5. The van der Waals surface area contributed by atoms with E-state index in [2.05, 4.69) is 42.7 Å². The summed E-state index contributed by atoms with van der Waals surface area (Å²) in [4.78, 5) is 4.55.